The molecule has 32 heavy (non-hydrogen) atoms. The van der Waals surface area contributed by atoms with Gasteiger partial charge < -0.3 is 9.47 Å². The van der Waals surface area contributed by atoms with E-state index in [1.165, 1.54) is 32.0 Å². The number of carbonyl (C=O) groups excluding carboxylic acids is 2. The first-order chi connectivity index (χ1) is 15.4. The lowest BCUT2D eigenvalue weighted by Gasteiger charge is -2.11. The highest BCUT2D eigenvalue weighted by Gasteiger charge is 2.12. The lowest BCUT2D eigenvalue weighted by atomic mass is 10.1. The summed E-state index contributed by atoms with van der Waals surface area (Å²) >= 11 is 1.53. The number of nitrogens with zero attached hydrogens (tertiary/aromatic N) is 2. The first-order valence-electron chi connectivity index (χ1n) is 9.76. The summed E-state index contributed by atoms with van der Waals surface area (Å²) in [5.41, 5.74) is 8.46. The molecule has 0 radical (unpaired) electrons. The van der Waals surface area contributed by atoms with Gasteiger partial charge in [0.15, 0.2) is 16.7 Å². The van der Waals surface area contributed by atoms with Crippen molar-refractivity contribution in [1.29, 1.82) is 0 Å². The lowest BCUT2D eigenvalue weighted by Crippen LogP contribution is -2.41. The van der Waals surface area contributed by atoms with Gasteiger partial charge >= 0.3 is 0 Å². The first kappa shape index (κ1) is 23.1. The third-order valence-electron chi connectivity index (χ3n) is 4.48. The van der Waals surface area contributed by atoms with Crippen LogP contribution < -0.4 is 20.3 Å². The van der Waals surface area contributed by atoms with Crippen LogP contribution in [-0.2, 0) is 5.75 Å². The average Bonchev–Trinajstić information content (AvgIpc) is 2.80. The molecule has 2 N–H and O–H groups in total. The van der Waals surface area contributed by atoms with Crippen LogP contribution in [0.3, 0.4) is 0 Å². The van der Waals surface area contributed by atoms with Crippen LogP contribution in [0.2, 0.25) is 0 Å². The summed E-state index contributed by atoms with van der Waals surface area (Å²) in [7, 11) is 3.00. The number of aryl methyl sites for hydroxylation is 2. The second kappa shape index (κ2) is 10.6. The Kier molecular flexibility index (Phi) is 7.67. The number of rotatable bonds is 7. The van der Waals surface area contributed by atoms with Crippen molar-refractivity contribution in [3.8, 4) is 11.5 Å². The smallest absolute Gasteiger partial charge is 0.269 e. The van der Waals surface area contributed by atoms with E-state index in [9.17, 15) is 9.59 Å². The van der Waals surface area contributed by atoms with Crippen molar-refractivity contribution in [1.82, 2.24) is 20.8 Å². The van der Waals surface area contributed by atoms with Crippen molar-refractivity contribution < 1.29 is 19.1 Å². The monoisotopic (exact) mass is 452 g/mol. The molecule has 0 saturated heterocycles. The summed E-state index contributed by atoms with van der Waals surface area (Å²) in [6, 6.07) is 13.8. The van der Waals surface area contributed by atoms with E-state index in [4.69, 9.17) is 9.47 Å². The maximum atomic E-state index is 12.4. The number of thioether (sulfide) groups is 1. The fraction of sp³-hybridized carbons (Fsp3) is 0.217. The number of amides is 2. The van der Waals surface area contributed by atoms with Gasteiger partial charge in [0.1, 0.15) is 0 Å². The minimum absolute atomic E-state index is 0.323. The van der Waals surface area contributed by atoms with Gasteiger partial charge in [0.2, 0.25) is 0 Å². The van der Waals surface area contributed by atoms with Gasteiger partial charge in [-0.25, -0.2) is 9.97 Å². The van der Waals surface area contributed by atoms with E-state index in [2.05, 4.69) is 20.8 Å². The van der Waals surface area contributed by atoms with Crippen molar-refractivity contribution >= 4 is 23.6 Å². The van der Waals surface area contributed by atoms with Crippen molar-refractivity contribution in [2.75, 3.05) is 14.2 Å². The summed E-state index contributed by atoms with van der Waals surface area (Å²) in [5, 5.41) is 0.724. The topological polar surface area (TPSA) is 102 Å². The molecular weight excluding hydrogens is 428 g/mol. The van der Waals surface area contributed by atoms with Crippen molar-refractivity contribution in [3.63, 3.8) is 0 Å². The molecule has 0 aliphatic heterocycles. The van der Waals surface area contributed by atoms with E-state index < -0.39 is 11.8 Å². The molecule has 8 nitrogen and oxygen atoms in total. The minimum Gasteiger partial charge on any atom is -0.493 e. The van der Waals surface area contributed by atoms with Gasteiger partial charge in [-0.05, 0) is 55.8 Å². The van der Waals surface area contributed by atoms with Gasteiger partial charge in [-0.15, -0.1) is 0 Å². The minimum atomic E-state index is -0.472. The first-order valence-corrected chi connectivity index (χ1v) is 10.7. The van der Waals surface area contributed by atoms with Crippen LogP contribution in [0.25, 0.3) is 0 Å². The summed E-state index contributed by atoms with van der Waals surface area (Å²) in [4.78, 5) is 33.5. The van der Waals surface area contributed by atoms with Gasteiger partial charge in [-0.2, -0.15) is 0 Å². The summed E-state index contributed by atoms with van der Waals surface area (Å²) in [6.07, 6.45) is 0. The number of methoxy groups -OCH3 is 2. The second-order valence-corrected chi connectivity index (χ2v) is 7.84. The molecule has 0 bridgehead atoms. The van der Waals surface area contributed by atoms with E-state index >= 15 is 0 Å². The highest BCUT2D eigenvalue weighted by atomic mass is 32.2. The molecule has 3 aromatic rings. The Bertz CT molecular complexity index is 1100. The molecule has 1 heterocycles. The largest absolute Gasteiger partial charge is 0.493 e. The molecule has 0 aliphatic carbocycles. The van der Waals surface area contributed by atoms with Gasteiger partial charge in [-0.3, -0.25) is 20.4 Å². The Morgan fingerprint density at radius 3 is 1.97 bits per heavy atom. The number of hydrogen-bond donors (Lipinski definition) is 2. The summed E-state index contributed by atoms with van der Waals surface area (Å²) in [6.45, 7) is 3.88. The third kappa shape index (κ3) is 5.98. The van der Waals surface area contributed by atoms with E-state index in [0.29, 0.717) is 28.4 Å². The zero-order chi connectivity index (χ0) is 23.1. The molecule has 0 spiro atoms. The van der Waals surface area contributed by atoms with Gasteiger partial charge in [-0.1, -0.05) is 23.9 Å². The van der Waals surface area contributed by atoms with Crippen LogP contribution in [-0.4, -0.2) is 36.0 Å². The fourth-order valence-electron chi connectivity index (χ4n) is 2.89. The zero-order valence-corrected chi connectivity index (χ0v) is 19.1. The Balaban J connectivity index is 1.54. The van der Waals surface area contributed by atoms with E-state index in [1.54, 1.807) is 24.3 Å². The molecule has 0 aliphatic rings. The van der Waals surface area contributed by atoms with Crippen molar-refractivity contribution in [2.45, 2.75) is 24.8 Å². The summed E-state index contributed by atoms with van der Waals surface area (Å²) in [5.74, 6) is 0.721. The van der Waals surface area contributed by atoms with Gasteiger partial charge in [0.05, 0.1) is 14.2 Å². The molecule has 2 aromatic carbocycles. The Morgan fingerprint density at radius 1 is 0.812 bits per heavy atom. The molecule has 0 saturated carbocycles. The van der Waals surface area contributed by atoms with Crippen LogP contribution in [0.15, 0.2) is 53.7 Å². The molecule has 0 fully saturated rings. The molecule has 1 aromatic heterocycles. The SMILES string of the molecule is COc1ccc(C(=O)NNC(=O)c2ccc(CSc3nc(C)cc(C)n3)cc2)cc1OC. The summed E-state index contributed by atoms with van der Waals surface area (Å²) < 4.78 is 10.3. The van der Waals surface area contributed by atoms with Gasteiger partial charge in [0, 0.05) is 28.3 Å². The number of carbonyl (C=O) groups is 2. The molecule has 166 valence electrons. The number of nitrogens with one attached hydrogen (secondary N) is 2. The number of benzene rings is 2. The average molecular weight is 453 g/mol. The van der Waals surface area contributed by atoms with Gasteiger partial charge in [0.25, 0.3) is 11.8 Å². The van der Waals surface area contributed by atoms with Crippen LogP contribution in [0.4, 0.5) is 0 Å². The lowest BCUT2D eigenvalue weighted by molar-refractivity contribution is 0.0846. The molecule has 0 unspecified atom stereocenters. The Hall–Kier alpha value is -3.59. The predicted octanol–water partition coefficient (Wildman–Crippen LogP) is 3.48. The zero-order valence-electron chi connectivity index (χ0n) is 18.3. The standard InChI is InChI=1S/C23H24N4O4S/c1-14-11-15(2)25-23(24-14)32-13-16-5-7-17(8-6-16)21(28)26-27-22(29)18-9-10-19(30-3)20(12-18)31-4/h5-12H,13H2,1-4H3,(H,26,28)(H,27,29). The molecule has 0 atom stereocenters. The number of aromatic nitrogens is 2. The van der Waals surface area contributed by atoms with Crippen LogP contribution in [0, 0.1) is 13.8 Å². The number of hydrogen-bond acceptors (Lipinski definition) is 7. The van der Waals surface area contributed by atoms with E-state index in [0.717, 1.165) is 22.1 Å². The number of hydrazine groups is 1. The van der Waals surface area contributed by atoms with Crippen LogP contribution in [0.5, 0.6) is 11.5 Å². The van der Waals surface area contributed by atoms with Crippen LogP contribution in [0.1, 0.15) is 37.7 Å². The fourth-order valence-corrected chi connectivity index (χ4v) is 3.80. The quantitative estimate of drug-likeness (QED) is 0.321. The molecule has 3 rings (SSSR count). The Morgan fingerprint density at radius 2 is 1.38 bits per heavy atom. The highest BCUT2D eigenvalue weighted by molar-refractivity contribution is 7.98. The number of ether oxygens (including phenoxy) is 2. The van der Waals surface area contributed by atoms with E-state index in [1.807, 2.05) is 32.0 Å². The molecular formula is C23H24N4O4S. The maximum Gasteiger partial charge on any atom is 0.269 e. The van der Waals surface area contributed by atoms with E-state index in [-0.39, 0.29) is 0 Å². The van der Waals surface area contributed by atoms with Crippen molar-refractivity contribution in [2.24, 2.45) is 0 Å². The third-order valence-corrected chi connectivity index (χ3v) is 5.40. The second-order valence-electron chi connectivity index (χ2n) is 6.90. The molecule has 9 heteroatoms. The molecule has 2 amide bonds. The van der Waals surface area contributed by atoms with Crippen LogP contribution >= 0.6 is 11.8 Å². The van der Waals surface area contributed by atoms with Crippen molar-refractivity contribution in [3.05, 3.63) is 76.6 Å². The predicted molar refractivity (Wildman–Crippen MR) is 122 cm³/mol. The highest BCUT2D eigenvalue weighted by Crippen LogP contribution is 2.27. The maximum absolute atomic E-state index is 12.4. The Labute approximate surface area is 190 Å². The normalized spacial score (nSPS) is 10.4.